The molecular weight excluding hydrogens is 420 g/mol. The number of benzene rings is 1. The summed E-state index contributed by atoms with van der Waals surface area (Å²) >= 11 is 1.40. The Labute approximate surface area is 180 Å². The van der Waals surface area contributed by atoms with Crippen molar-refractivity contribution in [2.75, 3.05) is 23.1 Å². The summed E-state index contributed by atoms with van der Waals surface area (Å²) in [4.78, 5) is 14.2. The average molecular weight is 447 g/mol. The lowest BCUT2D eigenvalue weighted by Crippen LogP contribution is -2.36. The number of carbonyl (C=O) groups is 1. The lowest BCUT2D eigenvalue weighted by Gasteiger charge is -2.19. The second-order valence-electron chi connectivity index (χ2n) is 8.01. The maximum atomic E-state index is 12.8. The number of sulfonamides is 1. The highest BCUT2D eigenvalue weighted by atomic mass is 32.2. The summed E-state index contributed by atoms with van der Waals surface area (Å²) in [7, 11) is -3.48. The van der Waals surface area contributed by atoms with Gasteiger partial charge in [-0.2, -0.15) is 5.10 Å². The third-order valence-electron chi connectivity index (χ3n) is 5.20. The first-order chi connectivity index (χ1) is 14.3. The van der Waals surface area contributed by atoms with Gasteiger partial charge >= 0.3 is 0 Å². The van der Waals surface area contributed by atoms with Crippen molar-refractivity contribution in [1.29, 1.82) is 0 Å². The SMILES string of the molecule is Cc1nn(CC(C)C)c2sc(C(=O)NCCS(=O)(=O)N3CCc4ccccc43)cc12. The molecule has 0 atom stereocenters. The van der Waals surface area contributed by atoms with Gasteiger partial charge in [0.25, 0.3) is 5.91 Å². The van der Waals surface area contributed by atoms with Crippen LogP contribution in [0.5, 0.6) is 0 Å². The molecule has 0 saturated carbocycles. The first-order valence-electron chi connectivity index (χ1n) is 10.1. The van der Waals surface area contributed by atoms with E-state index in [1.807, 2.05) is 41.9 Å². The fourth-order valence-electron chi connectivity index (χ4n) is 3.78. The molecule has 0 unspecified atom stereocenters. The maximum Gasteiger partial charge on any atom is 0.261 e. The molecule has 1 aliphatic heterocycles. The predicted octanol–water partition coefficient (Wildman–Crippen LogP) is 3.18. The summed E-state index contributed by atoms with van der Waals surface area (Å²) < 4.78 is 28.9. The zero-order valence-corrected chi connectivity index (χ0v) is 19.0. The van der Waals surface area contributed by atoms with Gasteiger partial charge in [-0.3, -0.25) is 13.8 Å². The number of nitrogens with one attached hydrogen (secondary N) is 1. The van der Waals surface area contributed by atoms with Gasteiger partial charge in [-0.15, -0.1) is 11.3 Å². The van der Waals surface area contributed by atoms with Crippen LogP contribution in [0.4, 0.5) is 5.69 Å². The van der Waals surface area contributed by atoms with E-state index in [0.29, 0.717) is 17.3 Å². The van der Waals surface area contributed by atoms with Crippen molar-refractivity contribution in [2.24, 2.45) is 5.92 Å². The number of rotatable bonds is 7. The van der Waals surface area contributed by atoms with E-state index < -0.39 is 10.0 Å². The van der Waals surface area contributed by atoms with E-state index >= 15 is 0 Å². The third-order valence-corrected chi connectivity index (χ3v) is 8.11. The van der Waals surface area contributed by atoms with Crippen molar-refractivity contribution in [2.45, 2.75) is 33.7 Å². The smallest absolute Gasteiger partial charge is 0.261 e. The minimum absolute atomic E-state index is 0.0746. The van der Waals surface area contributed by atoms with Crippen molar-refractivity contribution in [1.82, 2.24) is 15.1 Å². The van der Waals surface area contributed by atoms with Crippen LogP contribution >= 0.6 is 11.3 Å². The molecule has 1 aromatic carbocycles. The van der Waals surface area contributed by atoms with E-state index in [2.05, 4.69) is 24.3 Å². The highest BCUT2D eigenvalue weighted by Crippen LogP contribution is 2.30. The summed E-state index contributed by atoms with van der Waals surface area (Å²) in [5.41, 5.74) is 2.69. The molecule has 1 amide bonds. The van der Waals surface area contributed by atoms with Crippen LogP contribution in [0.25, 0.3) is 10.2 Å². The van der Waals surface area contributed by atoms with E-state index in [4.69, 9.17) is 0 Å². The van der Waals surface area contributed by atoms with Gasteiger partial charge in [-0.25, -0.2) is 8.42 Å². The van der Waals surface area contributed by atoms with E-state index in [9.17, 15) is 13.2 Å². The molecule has 1 N–H and O–H groups in total. The lowest BCUT2D eigenvalue weighted by molar-refractivity contribution is 0.0960. The number of nitrogens with zero attached hydrogens (tertiary/aromatic N) is 3. The first-order valence-corrected chi connectivity index (χ1v) is 12.5. The molecule has 0 fully saturated rings. The van der Waals surface area contributed by atoms with Crippen LogP contribution < -0.4 is 9.62 Å². The van der Waals surface area contributed by atoms with E-state index in [1.54, 1.807) is 0 Å². The standard InChI is InChI=1S/C21H26N4O3S2/c1-14(2)13-24-21-17(15(3)23-24)12-19(29-21)20(26)22-9-11-30(27,28)25-10-8-16-6-4-5-7-18(16)25/h4-7,12,14H,8-11,13H2,1-3H3,(H,22,26). The van der Waals surface area contributed by atoms with Crippen LogP contribution in [0.3, 0.4) is 0 Å². The van der Waals surface area contributed by atoms with Crippen LogP contribution in [-0.2, 0) is 23.0 Å². The Morgan fingerprint density at radius 2 is 2.07 bits per heavy atom. The van der Waals surface area contributed by atoms with E-state index in [1.165, 1.54) is 15.6 Å². The monoisotopic (exact) mass is 446 g/mol. The van der Waals surface area contributed by atoms with Gasteiger partial charge in [-0.1, -0.05) is 32.0 Å². The summed E-state index contributed by atoms with van der Waals surface area (Å²) in [5.74, 6) is 0.0783. The summed E-state index contributed by atoms with van der Waals surface area (Å²) in [6, 6.07) is 9.40. The van der Waals surface area contributed by atoms with Gasteiger partial charge in [0.2, 0.25) is 10.0 Å². The molecule has 0 bridgehead atoms. The van der Waals surface area contributed by atoms with Crippen molar-refractivity contribution < 1.29 is 13.2 Å². The number of para-hydroxylation sites is 1. The highest BCUT2D eigenvalue weighted by molar-refractivity contribution is 7.92. The molecule has 4 rings (SSSR count). The molecule has 30 heavy (non-hydrogen) atoms. The second-order valence-corrected chi connectivity index (χ2v) is 11.1. The largest absolute Gasteiger partial charge is 0.350 e. The highest BCUT2D eigenvalue weighted by Gasteiger charge is 2.29. The Kier molecular flexibility index (Phi) is 5.59. The number of hydrogen-bond donors (Lipinski definition) is 1. The molecule has 0 saturated heterocycles. The minimum atomic E-state index is -3.48. The molecule has 0 spiro atoms. The first kappa shape index (κ1) is 20.9. The molecule has 2 aromatic heterocycles. The molecule has 0 radical (unpaired) electrons. The zero-order valence-electron chi connectivity index (χ0n) is 17.4. The van der Waals surface area contributed by atoms with Crippen LogP contribution in [0.1, 0.15) is 34.8 Å². The summed E-state index contributed by atoms with van der Waals surface area (Å²) in [6.07, 6.45) is 0.719. The van der Waals surface area contributed by atoms with Crippen molar-refractivity contribution >= 4 is 43.2 Å². The Balaban J connectivity index is 1.42. The van der Waals surface area contributed by atoms with Gasteiger partial charge in [0.05, 0.1) is 22.0 Å². The number of anilines is 1. The number of aryl methyl sites for hydroxylation is 1. The Morgan fingerprint density at radius 1 is 1.30 bits per heavy atom. The van der Waals surface area contributed by atoms with E-state index in [-0.39, 0.29) is 18.2 Å². The van der Waals surface area contributed by atoms with Crippen molar-refractivity contribution in [3.05, 3.63) is 46.5 Å². The average Bonchev–Trinajstić information content (AvgIpc) is 3.37. The fraction of sp³-hybridized carbons (Fsp3) is 0.429. The number of carbonyl (C=O) groups excluding carboxylic acids is 1. The second kappa shape index (κ2) is 8.03. The minimum Gasteiger partial charge on any atom is -0.350 e. The topological polar surface area (TPSA) is 84.3 Å². The number of aromatic nitrogens is 2. The van der Waals surface area contributed by atoms with Crippen LogP contribution in [0.2, 0.25) is 0 Å². The van der Waals surface area contributed by atoms with E-state index in [0.717, 1.165) is 40.1 Å². The quantitative estimate of drug-likeness (QED) is 0.604. The lowest BCUT2D eigenvalue weighted by atomic mass is 10.2. The molecule has 1 aliphatic rings. The van der Waals surface area contributed by atoms with Crippen LogP contribution in [0.15, 0.2) is 30.3 Å². The molecule has 7 nitrogen and oxygen atoms in total. The Bertz CT molecular complexity index is 1190. The van der Waals surface area contributed by atoms with Gasteiger partial charge in [0.15, 0.2) is 0 Å². The zero-order chi connectivity index (χ0) is 21.5. The number of thiophene rings is 1. The predicted molar refractivity (Wildman–Crippen MR) is 121 cm³/mol. The summed E-state index contributed by atoms with van der Waals surface area (Å²) in [6.45, 7) is 7.52. The molecule has 160 valence electrons. The number of hydrogen-bond acceptors (Lipinski definition) is 5. The Hall–Kier alpha value is -2.39. The molecular formula is C21H26N4O3S2. The van der Waals surface area contributed by atoms with Gasteiger partial charge < -0.3 is 5.32 Å². The molecule has 9 heteroatoms. The molecule has 3 heterocycles. The molecule has 0 aliphatic carbocycles. The van der Waals surface area contributed by atoms with Crippen LogP contribution in [0, 0.1) is 12.8 Å². The third kappa shape index (κ3) is 3.96. The normalized spacial score (nSPS) is 13.9. The van der Waals surface area contributed by atoms with Crippen molar-refractivity contribution in [3.63, 3.8) is 0 Å². The maximum absolute atomic E-state index is 12.8. The number of fused-ring (bicyclic) bond motifs is 2. The van der Waals surface area contributed by atoms with Gasteiger partial charge in [0.1, 0.15) is 4.83 Å². The number of amides is 1. The van der Waals surface area contributed by atoms with Crippen LogP contribution in [-0.4, -0.2) is 42.9 Å². The fourth-order valence-corrected chi connectivity index (χ4v) is 6.30. The molecule has 3 aromatic rings. The van der Waals surface area contributed by atoms with Gasteiger partial charge in [-0.05, 0) is 37.0 Å². The Morgan fingerprint density at radius 3 is 2.83 bits per heavy atom. The van der Waals surface area contributed by atoms with Gasteiger partial charge in [0, 0.05) is 25.0 Å². The van der Waals surface area contributed by atoms with Crippen molar-refractivity contribution in [3.8, 4) is 0 Å². The summed E-state index contributed by atoms with van der Waals surface area (Å²) in [5, 5.41) is 8.31.